The molecule has 3 heterocycles. The van der Waals surface area contributed by atoms with Crippen molar-refractivity contribution in [2.75, 3.05) is 32.4 Å². The van der Waals surface area contributed by atoms with E-state index >= 15 is 0 Å². The van der Waals surface area contributed by atoms with Gasteiger partial charge in [-0.3, -0.25) is 9.59 Å². The van der Waals surface area contributed by atoms with E-state index in [1.165, 1.54) is 18.0 Å². The van der Waals surface area contributed by atoms with Gasteiger partial charge in [0.05, 0.1) is 11.8 Å². The van der Waals surface area contributed by atoms with Crippen LogP contribution in [0.3, 0.4) is 0 Å². The molecule has 1 saturated heterocycles. The second kappa shape index (κ2) is 6.54. The van der Waals surface area contributed by atoms with Gasteiger partial charge in [0.15, 0.2) is 10.9 Å². The lowest BCUT2D eigenvalue weighted by Crippen LogP contribution is -2.50. The standard InChI is InChI=1S/C16H18N2O4S/c1-11-12(5-10-21-11)15(19)17-6-8-18(9-7-17)16(20)13-3-4-14(22-13)23-2/h3-5,10H,6-9H2,1-2H3. The third-order valence-corrected chi connectivity index (χ3v) is 4.56. The summed E-state index contributed by atoms with van der Waals surface area (Å²) in [7, 11) is 0. The van der Waals surface area contributed by atoms with Crippen molar-refractivity contribution in [1.29, 1.82) is 0 Å². The maximum absolute atomic E-state index is 12.4. The second-order valence-electron chi connectivity index (χ2n) is 5.30. The van der Waals surface area contributed by atoms with Crippen LogP contribution in [0.25, 0.3) is 0 Å². The molecule has 2 amide bonds. The lowest BCUT2D eigenvalue weighted by molar-refractivity contribution is 0.0514. The highest BCUT2D eigenvalue weighted by Gasteiger charge is 2.28. The van der Waals surface area contributed by atoms with E-state index in [2.05, 4.69) is 0 Å². The smallest absolute Gasteiger partial charge is 0.289 e. The van der Waals surface area contributed by atoms with Crippen molar-refractivity contribution in [2.24, 2.45) is 0 Å². The topological polar surface area (TPSA) is 66.9 Å². The van der Waals surface area contributed by atoms with E-state index in [0.717, 1.165) is 5.09 Å². The van der Waals surface area contributed by atoms with E-state index < -0.39 is 0 Å². The SMILES string of the molecule is CSc1ccc(C(=O)N2CCN(C(=O)c3ccoc3C)CC2)o1. The molecule has 2 aromatic rings. The third-order valence-electron chi connectivity index (χ3n) is 3.94. The largest absolute Gasteiger partial charge is 0.469 e. The molecular weight excluding hydrogens is 316 g/mol. The molecule has 6 nitrogen and oxygen atoms in total. The van der Waals surface area contributed by atoms with Crippen LogP contribution in [0.2, 0.25) is 0 Å². The summed E-state index contributed by atoms with van der Waals surface area (Å²) >= 11 is 1.46. The van der Waals surface area contributed by atoms with E-state index in [9.17, 15) is 9.59 Å². The average Bonchev–Trinajstić information content (AvgIpc) is 3.22. The molecule has 1 fully saturated rings. The first-order chi connectivity index (χ1) is 11.1. The van der Waals surface area contributed by atoms with Gasteiger partial charge < -0.3 is 18.6 Å². The van der Waals surface area contributed by atoms with Crippen molar-refractivity contribution >= 4 is 23.6 Å². The van der Waals surface area contributed by atoms with Crippen LogP contribution >= 0.6 is 11.8 Å². The van der Waals surface area contributed by atoms with Gasteiger partial charge in [0, 0.05) is 26.2 Å². The van der Waals surface area contributed by atoms with E-state index in [4.69, 9.17) is 8.83 Å². The van der Waals surface area contributed by atoms with E-state index in [1.54, 1.807) is 34.9 Å². The number of nitrogens with zero attached hydrogens (tertiary/aromatic N) is 2. The van der Waals surface area contributed by atoms with Crippen LogP contribution < -0.4 is 0 Å². The Morgan fingerprint density at radius 3 is 2.22 bits per heavy atom. The predicted octanol–water partition coefficient (Wildman–Crippen LogP) is 2.50. The molecule has 0 atom stereocenters. The zero-order valence-electron chi connectivity index (χ0n) is 13.1. The molecule has 1 aliphatic heterocycles. The van der Waals surface area contributed by atoms with Crippen LogP contribution in [0.15, 0.2) is 38.4 Å². The summed E-state index contributed by atoms with van der Waals surface area (Å²) in [5.41, 5.74) is 0.584. The van der Waals surface area contributed by atoms with Gasteiger partial charge in [0.2, 0.25) is 0 Å². The third kappa shape index (κ3) is 3.14. The predicted molar refractivity (Wildman–Crippen MR) is 85.7 cm³/mol. The Labute approximate surface area is 138 Å². The quantitative estimate of drug-likeness (QED) is 0.807. The van der Waals surface area contributed by atoms with Crippen molar-refractivity contribution in [3.63, 3.8) is 0 Å². The van der Waals surface area contributed by atoms with E-state index in [0.29, 0.717) is 43.3 Å². The fraction of sp³-hybridized carbons (Fsp3) is 0.375. The van der Waals surface area contributed by atoms with Gasteiger partial charge in [-0.05, 0) is 31.4 Å². The lowest BCUT2D eigenvalue weighted by atomic mass is 10.2. The molecule has 0 unspecified atom stereocenters. The summed E-state index contributed by atoms with van der Waals surface area (Å²) < 4.78 is 10.7. The van der Waals surface area contributed by atoms with Crippen LogP contribution in [-0.2, 0) is 0 Å². The summed E-state index contributed by atoms with van der Waals surface area (Å²) in [5.74, 6) is 0.788. The lowest BCUT2D eigenvalue weighted by Gasteiger charge is -2.34. The maximum atomic E-state index is 12.4. The van der Waals surface area contributed by atoms with Crippen molar-refractivity contribution in [3.05, 3.63) is 41.5 Å². The van der Waals surface area contributed by atoms with E-state index in [-0.39, 0.29) is 11.8 Å². The van der Waals surface area contributed by atoms with Crippen molar-refractivity contribution in [2.45, 2.75) is 12.0 Å². The summed E-state index contributed by atoms with van der Waals surface area (Å²) in [6, 6.07) is 5.17. The highest BCUT2D eigenvalue weighted by molar-refractivity contribution is 7.98. The number of hydrogen-bond acceptors (Lipinski definition) is 5. The molecule has 0 aromatic carbocycles. The Hall–Kier alpha value is -2.15. The fourth-order valence-electron chi connectivity index (χ4n) is 2.59. The maximum Gasteiger partial charge on any atom is 0.289 e. The minimum Gasteiger partial charge on any atom is -0.469 e. The molecule has 0 saturated carbocycles. The summed E-state index contributed by atoms with van der Waals surface area (Å²) in [5, 5.41) is 0.720. The normalized spacial score (nSPS) is 15.0. The molecule has 122 valence electrons. The molecule has 2 aromatic heterocycles. The van der Waals surface area contributed by atoms with Gasteiger partial charge in [-0.2, -0.15) is 0 Å². The summed E-state index contributed by atoms with van der Waals surface area (Å²) in [4.78, 5) is 28.3. The first-order valence-corrected chi connectivity index (χ1v) is 8.59. The first kappa shape index (κ1) is 15.7. The van der Waals surface area contributed by atoms with Gasteiger partial charge in [-0.25, -0.2) is 0 Å². The van der Waals surface area contributed by atoms with E-state index in [1.807, 2.05) is 6.26 Å². The van der Waals surface area contributed by atoms with Crippen LogP contribution in [0.5, 0.6) is 0 Å². The van der Waals surface area contributed by atoms with Gasteiger partial charge in [-0.15, -0.1) is 0 Å². The molecule has 23 heavy (non-hydrogen) atoms. The minimum atomic E-state index is -0.128. The molecule has 7 heteroatoms. The first-order valence-electron chi connectivity index (χ1n) is 7.36. The van der Waals surface area contributed by atoms with Crippen molar-refractivity contribution < 1.29 is 18.4 Å². The molecular formula is C16H18N2O4S. The van der Waals surface area contributed by atoms with Crippen LogP contribution in [0.4, 0.5) is 0 Å². The molecule has 0 radical (unpaired) electrons. The Morgan fingerprint density at radius 1 is 1.04 bits per heavy atom. The molecule has 0 bridgehead atoms. The molecule has 3 rings (SSSR count). The number of carbonyl (C=O) groups excluding carboxylic acids is 2. The molecule has 1 aliphatic rings. The summed E-state index contributed by atoms with van der Waals surface area (Å²) in [6.07, 6.45) is 3.41. The van der Waals surface area contributed by atoms with Gasteiger partial charge in [0.1, 0.15) is 5.76 Å². The van der Waals surface area contributed by atoms with Crippen LogP contribution in [0, 0.1) is 6.92 Å². The number of thioether (sulfide) groups is 1. The van der Waals surface area contributed by atoms with Gasteiger partial charge >= 0.3 is 0 Å². The average molecular weight is 334 g/mol. The van der Waals surface area contributed by atoms with Crippen LogP contribution in [0.1, 0.15) is 26.7 Å². The Bertz CT molecular complexity index is 713. The Balaban J connectivity index is 1.61. The highest BCUT2D eigenvalue weighted by atomic mass is 32.2. The number of amides is 2. The van der Waals surface area contributed by atoms with Gasteiger partial charge in [0.25, 0.3) is 11.8 Å². The molecule has 0 N–H and O–H groups in total. The van der Waals surface area contributed by atoms with Gasteiger partial charge in [-0.1, -0.05) is 11.8 Å². The number of hydrogen-bond donors (Lipinski definition) is 0. The second-order valence-corrected chi connectivity index (χ2v) is 6.11. The van der Waals surface area contributed by atoms with Crippen LogP contribution in [-0.4, -0.2) is 54.0 Å². The minimum absolute atomic E-state index is 0.0500. The number of aryl methyl sites for hydroxylation is 1. The monoisotopic (exact) mass is 334 g/mol. The summed E-state index contributed by atoms with van der Waals surface area (Å²) in [6.45, 7) is 3.78. The Morgan fingerprint density at radius 2 is 1.70 bits per heavy atom. The molecule has 0 aliphatic carbocycles. The number of rotatable bonds is 3. The highest BCUT2D eigenvalue weighted by Crippen LogP contribution is 2.20. The Kier molecular flexibility index (Phi) is 4.47. The van der Waals surface area contributed by atoms with Crippen molar-refractivity contribution in [3.8, 4) is 0 Å². The fourth-order valence-corrected chi connectivity index (χ4v) is 2.97. The zero-order chi connectivity index (χ0) is 16.4. The molecule has 0 spiro atoms. The number of piperazine rings is 1. The number of carbonyl (C=O) groups is 2. The zero-order valence-corrected chi connectivity index (χ0v) is 13.9. The van der Waals surface area contributed by atoms with Crippen molar-refractivity contribution in [1.82, 2.24) is 9.80 Å². The number of furan rings is 2.